The molecule has 4 heterocycles. The molecule has 0 bridgehead atoms. The first kappa shape index (κ1) is 49.2. The minimum atomic E-state index is -5.11. The highest BCUT2D eigenvalue weighted by molar-refractivity contribution is 7.91. The number of rotatable bonds is 11. The number of carbonyl (C=O) groups excluding carboxylic acids is 3. The molecule has 2 aliphatic carbocycles. The minimum Gasteiger partial charge on any atom is -0.491 e. The zero-order valence-electron chi connectivity index (χ0n) is 38.7. The van der Waals surface area contributed by atoms with E-state index in [0.29, 0.717) is 67.8 Å². The molecular weight excluding hydrogens is 894 g/mol. The van der Waals surface area contributed by atoms with Gasteiger partial charge in [0.25, 0.3) is 5.91 Å². The molecule has 362 valence electrons. The lowest BCUT2D eigenvalue weighted by Gasteiger charge is -2.45. The predicted octanol–water partition coefficient (Wildman–Crippen LogP) is 7.52. The number of benzene rings is 1. The zero-order chi connectivity index (χ0) is 48.9. The van der Waals surface area contributed by atoms with Gasteiger partial charge in [-0.3, -0.25) is 29.0 Å². The summed E-state index contributed by atoms with van der Waals surface area (Å²) in [4.78, 5) is 67.5. The van der Waals surface area contributed by atoms with E-state index in [1.165, 1.54) is 13.8 Å². The molecule has 2 saturated carbocycles. The van der Waals surface area contributed by atoms with Crippen molar-refractivity contribution >= 4 is 33.8 Å². The molecule has 0 radical (unpaired) electrons. The smallest absolute Gasteiger partial charge is 0.411 e. The van der Waals surface area contributed by atoms with Crippen LogP contribution in [0, 0.1) is 17.8 Å². The van der Waals surface area contributed by atoms with Crippen molar-refractivity contribution in [2.24, 2.45) is 17.8 Å². The number of sulfonamides is 1. The number of hydrogen-bond acceptors (Lipinski definition) is 10. The maximum atomic E-state index is 15.2. The van der Waals surface area contributed by atoms with E-state index in [-0.39, 0.29) is 48.5 Å². The number of amides is 4. The van der Waals surface area contributed by atoms with Crippen molar-refractivity contribution in [3.63, 3.8) is 0 Å². The van der Waals surface area contributed by atoms with Crippen LogP contribution in [0.2, 0.25) is 0 Å². The second-order valence-electron chi connectivity index (χ2n) is 19.6. The van der Waals surface area contributed by atoms with Crippen LogP contribution >= 0.6 is 0 Å². The summed E-state index contributed by atoms with van der Waals surface area (Å²) in [6.45, 7) is 9.75. The summed E-state index contributed by atoms with van der Waals surface area (Å²) in [6.07, 6.45) is 0.203. The van der Waals surface area contributed by atoms with Gasteiger partial charge in [-0.1, -0.05) is 26.0 Å². The number of pyridine rings is 2. The summed E-state index contributed by atoms with van der Waals surface area (Å²) in [5, 5.41) is 13.4. The molecule has 0 unspecified atom stereocenters. The van der Waals surface area contributed by atoms with E-state index < -0.39 is 85.9 Å². The molecule has 2 aliphatic heterocycles. The van der Waals surface area contributed by atoms with Crippen molar-refractivity contribution in [3.8, 4) is 34.0 Å². The normalized spacial score (nSPS) is 27.1. The number of hydrogen-bond donors (Lipinski definition) is 3. The number of carboxylic acid groups (broad SMARTS) is 1. The fraction of sp³-hybridized carbons (Fsp3) is 0.542. The average Bonchev–Trinajstić information content (AvgIpc) is 4.13. The van der Waals surface area contributed by atoms with Gasteiger partial charge in [-0.15, -0.1) is 0 Å². The maximum absolute atomic E-state index is 15.2. The lowest BCUT2D eigenvalue weighted by molar-refractivity contribution is -0.222. The van der Waals surface area contributed by atoms with Gasteiger partial charge in [0.1, 0.15) is 40.8 Å². The highest BCUT2D eigenvalue weighted by Gasteiger charge is 2.64. The number of carbonyl (C=O) groups is 4. The summed E-state index contributed by atoms with van der Waals surface area (Å²) >= 11 is 0. The van der Waals surface area contributed by atoms with Crippen LogP contribution in [0.4, 0.5) is 18.0 Å². The fourth-order valence-corrected chi connectivity index (χ4v) is 10.5. The number of nitrogens with zero attached hydrogens (tertiary/aromatic N) is 4. The van der Waals surface area contributed by atoms with Crippen molar-refractivity contribution in [1.29, 1.82) is 0 Å². The second kappa shape index (κ2) is 18.4. The molecule has 3 fully saturated rings. The summed E-state index contributed by atoms with van der Waals surface area (Å²) in [7, 11) is -4.15. The zero-order valence-corrected chi connectivity index (χ0v) is 39.5. The van der Waals surface area contributed by atoms with Crippen LogP contribution in [-0.2, 0) is 24.4 Å². The maximum Gasteiger partial charge on any atom is 0.411 e. The van der Waals surface area contributed by atoms with Gasteiger partial charge in [0.05, 0.1) is 28.8 Å². The summed E-state index contributed by atoms with van der Waals surface area (Å²) < 4.78 is 84.8. The number of ether oxygens (including phenoxy) is 2. The molecule has 67 heavy (non-hydrogen) atoms. The van der Waals surface area contributed by atoms with Gasteiger partial charge in [-0.25, -0.2) is 18.2 Å². The number of halogens is 3. The quantitative estimate of drug-likeness (QED) is 0.161. The lowest BCUT2D eigenvalue weighted by Crippen LogP contribution is -2.66. The molecular formula is C48H59F3N6O9S. The third kappa shape index (κ3) is 10.3. The van der Waals surface area contributed by atoms with E-state index in [1.54, 1.807) is 54.9 Å². The summed E-state index contributed by atoms with van der Waals surface area (Å²) in [6, 6.07) is 10.7. The van der Waals surface area contributed by atoms with Gasteiger partial charge in [-0.05, 0) is 121 Å². The van der Waals surface area contributed by atoms with E-state index in [4.69, 9.17) is 14.5 Å². The SMILES string of the molecule is CC(C)Oc1ccc(-c2cc(O[C@@H]3C[C@H]4C(=O)N[C@]5(C(=O)NS(=O)(=O)C6(C)CC6)C[C@H]5/C=C\CC[C@@H](C)C[C@@H](C)[C@H](N(C(=O)O)C(C)(C)C(F)(F)F)C(=O)N4C3)cc(-c3ccncc3)n2)cc1. The molecule has 7 atom stereocenters. The Bertz CT molecular complexity index is 2500. The Balaban J connectivity index is 1.30. The Hall–Kier alpha value is -5.72. The standard InChI is InChI=1S/C48H59F3N6O9S/c1-28(2)65-34-14-12-31(13-15-34)37-23-35(24-38(53-37)32-16-20-52-21-17-32)66-36-25-39-41(58)54-47(43(60)55-67(63,64)46(7)18-19-46)26-33(47)11-9-8-10-29(3)22-30(4)40(42(59)56(39)27-36)57(44(61)62)45(5,6)48(49,50)51/h9,11-17,20-21,23-24,28-30,33,36,39-40H,8,10,18-19,22,25-27H2,1-7H3,(H,54,58)(H,55,60)(H,61,62)/b11-9-/t29-,30-,33-,36-,39+,40+,47-/m1/s1. The lowest BCUT2D eigenvalue weighted by atomic mass is 9.85. The van der Waals surface area contributed by atoms with Crippen LogP contribution in [0.15, 0.2) is 73.1 Å². The molecule has 4 aliphatic rings. The van der Waals surface area contributed by atoms with Crippen molar-refractivity contribution in [2.75, 3.05) is 6.54 Å². The number of nitrogens with one attached hydrogen (secondary N) is 2. The second-order valence-corrected chi connectivity index (χ2v) is 21.8. The summed E-state index contributed by atoms with van der Waals surface area (Å²) in [5.41, 5.74) is -2.42. The van der Waals surface area contributed by atoms with Crippen molar-refractivity contribution < 1.29 is 55.3 Å². The number of alkyl halides is 3. The molecule has 3 aromatic rings. The van der Waals surface area contributed by atoms with E-state index in [2.05, 4.69) is 15.0 Å². The Labute approximate surface area is 388 Å². The number of fused-ring (bicyclic) bond motifs is 2. The third-order valence-corrected chi connectivity index (χ3v) is 15.7. The summed E-state index contributed by atoms with van der Waals surface area (Å²) in [5.74, 6) is -3.77. The molecule has 0 spiro atoms. The first-order valence-corrected chi connectivity index (χ1v) is 24.2. The van der Waals surface area contributed by atoms with Crippen LogP contribution < -0.4 is 19.5 Å². The molecule has 1 aromatic carbocycles. The van der Waals surface area contributed by atoms with Gasteiger partial charge < -0.3 is 24.8 Å². The largest absolute Gasteiger partial charge is 0.491 e. The Morgan fingerprint density at radius 1 is 0.985 bits per heavy atom. The van der Waals surface area contributed by atoms with E-state index >= 15 is 4.79 Å². The fourth-order valence-electron chi connectivity index (χ4n) is 9.15. The molecule has 15 nitrogen and oxygen atoms in total. The monoisotopic (exact) mass is 952 g/mol. The van der Waals surface area contributed by atoms with Gasteiger partial charge in [0, 0.05) is 48.0 Å². The van der Waals surface area contributed by atoms with Gasteiger partial charge in [0.2, 0.25) is 21.8 Å². The highest BCUT2D eigenvalue weighted by atomic mass is 32.2. The Kier molecular flexibility index (Phi) is 13.5. The highest BCUT2D eigenvalue weighted by Crippen LogP contribution is 2.48. The molecule has 19 heteroatoms. The van der Waals surface area contributed by atoms with Crippen LogP contribution in [0.3, 0.4) is 0 Å². The molecule has 7 rings (SSSR count). The van der Waals surface area contributed by atoms with Gasteiger partial charge >= 0.3 is 12.3 Å². The molecule has 1 saturated heterocycles. The topological polar surface area (TPSA) is 197 Å². The first-order chi connectivity index (χ1) is 31.4. The third-order valence-electron chi connectivity index (χ3n) is 13.6. The van der Waals surface area contributed by atoms with Gasteiger partial charge in [-0.2, -0.15) is 13.2 Å². The average molecular weight is 953 g/mol. The van der Waals surface area contributed by atoms with Gasteiger partial charge in [0.15, 0.2) is 0 Å². The van der Waals surface area contributed by atoms with Crippen LogP contribution in [0.25, 0.3) is 22.5 Å². The number of allylic oxidation sites excluding steroid dienone is 1. The van der Waals surface area contributed by atoms with E-state index in [1.807, 2.05) is 39.0 Å². The van der Waals surface area contributed by atoms with Crippen molar-refractivity contribution in [2.45, 2.75) is 140 Å². The Morgan fingerprint density at radius 2 is 1.61 bits per heavy atom. The van der Waals surface area contributed by atoms with E-state index in [9.17, 15) is 41.1 Å². The van der Waals surface area contributed by atoms with Crippen molar-refractivity contribution in [1.82, 2.24) is 29.8 Å². The van der Waals surface area contributed by atoms with Crippen LogP contribution in [-0.4, -0.2) is 110 Å². The van der Waals surface area contributed by atoms with Crippen LogP contribution in [0.5, 0.6) is 11.5 Å². The molecule has 2 aromatic heterocycles. The Morgan fingerprint density at radius 3 is 2.19 bits per heavy atom. The minimum absolute atomic E-state index is 0.0395. The predicted molar refractivity (Wildman–Crippen MR) is 242 cm³/mol. The number of aromatic nitrogens is 2. The van der Waals surface area contributed by atoms with Crippen LogP contribution in [0.1, 0.15) is 93.4 Å². The van der Waals surface area contributed by atoms with Crippen molar-refractivity contribution in [3.05, 3.63) is 73.1 Å². The first-order valence-electron chi connectivity index (χ1n) is 22.7. The van der Waals surface area contributed by atoms with E-state index in [0.717, 1.165) is 4.90 Å². The molecule has 3 N–H and O–H groups in total. The molecule has 4 amide bonds.